The maximum Gasteiger partial charge on any atom is 0.179 e. The highest BCUT2D eigenvalue weighted by atomic mass is 28.3. The molecular formula is C45H28N4Si. The molecule has 0 aliphatic heterocycles. The highest BCUT2D eigenvalue weighted by Crippen LogP contribution is 2.34. The predicted molar refractivity (Wildman–Crippen MR) is 204 cm³/mol. The third kappa shape index (κ3) is 4.97. The summed E-state index contributed by atoms with van der Waals surface area (Å²) in [6.07, 6.45) is 0. The van der Waals surface area contributed by atoms with E-state index in [1.54, 1.807) is 0 Å². The molecule has 0 N–H and O–H groups in total. The lowest BCUT2D eigenvalue weighted by atomic mass is 10.1. The summed E-state index contributed by atoms with van der Waals surface area (Å²) in [7, 11) is -2.80. The van der Waals surface area contributed by atoms with Gasteiger partial charge in [0.15, 0.2) is 8.07 Å². The van der Waals surface area contributed by atoms with Gasteiger partial charge in [0.2, 0.25) is 0 Å². The molecule has 0 amide bonds. The fourth-order valence-electron chi connectivity index (χ4n) is 7.38. The summed E-state index contributed by atoms with van der Waals surface area (Å²) in [6, 6.07) is 65.3. The number of fused-ring (bicyclic) bond motifs is 3. The summed E-state index contributed by atoms with van der Waals surface area (Å²) < 4.78 is 2.20. The molecule has 0 bridgehead atoms. The van der Waals surface area contributed by atoms with Crippen molar-refractivity contribution in [1.29, 1.82) is 15.8 Å². The molecule has 50 heavy (non-hydrogen) atoms. The Morgan fingerprint density at radius 2 is 0.880 bits per heavy atom. The third-order valence-electron chi connectivity index (χ3n) is 9.62. The van der Waals surface area contributed by atoms with Gasteiger partial charge in [-0.3, -0.25) is 0 Å². The molecule has 1 aromatic heterocycles. The number of rotatable bonds is 6. The molecular weight excluding hydrogens is 625 g/mol. The average molecular weight is 653 g/mol. The second-order valence-electron chi connectivity index (χ2n) is 12.3. The van der Waals surface area contributed by atoms with Crippen LogP contribution in [0.3, 0.4) is 0 Å². The summed E-state index contributed by atoms with van der Waals surface area (Å²) >= 11 is 0. The quantitative estimate of drug-likeness (QED) is 0.138. The molecule has 8 rings (SSSR count). The Morgan fingerprint density at radius 3 is 1.44 bits per heavy atom. The molecule has 8 aromatic rings. The smallest absolute Gasteiger partial charge is 0.179 e. The highest BCUT2D eigenvalue weighted by molar-refractivity contribution is 7.19. The fourth-order valence-corrected chi connectivity index (χ4v) is 12.1. The molecule has 1 heterocycles. The van der Waals surface area contributed by atoms with Crippen LogP contribution in [0, 0.1) is 34.0 Å². The van der Waals surface area contributed by atoms with Crippen LogP contribution in [-0.4, -0.2) is 12.6 Å². The van der Waals surface area contributed by atoms with Crippen LogP contribution >= 0.6 is 0 Å². The van der Waals surface area contributed by atoms with Crippen LogP contribution in [0.25, 0.3) is 38.6 Å². The first-order valence-electron chi connectivity index (χ1n) is 16.4. The molecule has 0 fully saturated rings. The SMILES string of the molecule is N#Cc1cccc([Si](c2ccccc2)(c2ccccc2)c2ccc(-c3cccc(-n4c5ccc(C#N)cc5c5cc(C#N)ccc54)c3)cc2)c1. The molecule has 0 atom stereocenters. The lowest BCUT2D eigenvalue weighted by Gasteiger charge is -2.34. The van der Waals surface area contributed by atoms with Crippen LogP contribution in [0.15, 0.2) is 170 Å². The maximum absolute atomic E-state index is 9.89. The summed E-state index contributed by atoms with van der Waals surface area (Å²) in [4.78, 5) is 0. The van der Waals surface area contributed by atoms with Crippen LogP contribution in [0.5, 0.6) is 0 Å². The van der Waals surface area contributed by atoms with Crippen LogP contribution in [0.1, 0.15) is 16.7 Å². The van der Waals surface area contributed by atoms with Crippen molar-refractivity contribution in [2.75, 3.05) is 0 Å². The third-order valence-corrected chi connectivity index (χ3v) is 14.4. The van der Waals surface area contributed by atoms with E-state index < -0.39 is 8.07 Å². The zero-order chi connectivity index (χ0) is 34.1. The van der Waals surface area contributed by atoms with Crippen molar-refractivity contribution in [2.24, 2.45) is 0 Å². The monoisotopic (exact) mass is 652 g/mol. The minimum atomic E-state index is -2.80. The number of aromatic nitrogens is 1. The van der Waals surface area contributed by atoms with E-state index in [0.29, 0.717) is 16.7 Å². The van der Waals surface area contributed by atoms with E-state index in [-0.39, 0.29) is 0 Å². The summed E-state index contributed by atoms with van der Waals surface area (Å²) in [5.74, 6) is 0. The second-order valence-corrected chi connectivity index (χ2v) is 16.1. The lowest BCUT2D eigenvalue weighted by Crippen LogP contribution is -2.74. The molecule has 232 valence electrons. The van der Waals surface area contributed by atoms with Crippen molar-refractivity contribution in [3.05, 3.63) is 187 Å². The van der Waals surface area contributed by atoms with Gasteiger partial charge >= 0.3 is 0 Å². The summed E-state index contributed by atoms with van der Waals surface area (Å²) in [5.41, 5.74) is 6.92. The van der Waals surface area contributed by atoms with Gasteiger partial charge in [-0.1, -0.05) is 109 Å². The zero-order valence-electron chi connectivity index (χ0n) is 27.0. The van der Waals surface area contributed by atoms with Gasteiger partial charge in [-0.2, -0.15) is 15.8 Å². The first-order valence-corrected chi connectivity index (χ1v) is 18.4. The Kier molecular flexibility index (Phi) is 7.63. The van der Waals surface area contributed by atoms with Gasteiger partial charge in [0.1, 0.15) is 0 Å². The van der Waals surface area contributed by atoms with Gasteiger partial charge < -0.3 is 4.57 Å². The predicted octanol–water partition coefficient (Wildman–Crippen LogP) is 7.44. The highest BCUT2D eigenvalue weighted by Gasteiger charge is 2.41. The fraction of sp³-hybridized carbons (Fsp3) is 0. The topological polar surface area (TPSA) is 76.3 Å². The number of nitrogens with zero attached hydrogens (tertiary/aromatic N) is 4. The van der Waals surface area contributed by atoms with Gasteiger partial charge in [0.25, 0.3) is 0 Å². The standard InChI is InChI=1S/C45H28N4Si/c46-29-32-9-7-16-41(25-32)50(38-12-3-1-4-13-38,39-14-5-2-6-15-39)40-21-19-35(20-22-40)36-10-8-11-37(28-36)49-44-23-17-33(30-47)26-42(44)43-27-34(31-48)18-24-45(43)49/h1-28H. The van der Waals surface area contributed by atoms with E-state index in [9.17, 15) is 15.8 Å². The maximum atomic E-state index is 9.89. The molecule has 0 saturated carbocycles. The number of benzene rings is 7. The minimum Gasteiger partial charge on any atom is -0.309 e. The Balaban J connectivity index is 1.29. The van der Waals surface area contributed by atoms with Crippen LogP contribution in [-0.2, 0) is 0 Å². The lowest BCUT2D eigenvalue weighted by molar-refractivity contribution is 1.18. The Bertz CT molecular complexity index is 2560. The van der Waals surface area contributed by atoms with Gasteiger partial charge in [0, 0.05) is 16.5 Å². The van der Waals surface area contributed by atoms with E-state index in [2.05, 4.69) is 144 Å². The van der Waals surface area contributed by atoms with Crippen molar-refractivity contribution < 1.29 is 0 Å². The average Bonchev–Trinajstić information content (AvgIpc) is 3.52. The van der Waals surface area contributed by atoms with Crippen LogP contribution in [0.4, 0.5) is 0 Å². The van der Waals surface area contributed by atoms with Crippen LogP contribution < -0.4 is 20.7 Å². The van der Waals surface area contributed by atoms with E-state index in [1.165, 1.54) is 15.6 Å². The first kappa shape index (κ1) is 30.4. The Labute approximate surface area is 291 Å². The number of nitriles is 3. The van der Waals surface area contributed by atoms with Crippen molar-refractivity contribution in [2.45, 2.75) is 0 Å². The van der Waals surface area contributed by atoms with Crippen molar-refractivity contribution in [1.82, 2.24) is 4.57 Å². The molecule has 5 heteroatoms. The Hall–Kier alpha value is -6.97. The molecule has 0 unspecified atom stereocenters. The number of hydrogen-bond donors (Lipinski definition) is 0. The van der Waals surface area contributed by atoms with Crippen molar-refractivity contribution >= 4 is 50.6 Å². The molecule has 4 nitrogen and oxygen atoms in total. The summed E-state index contributed by atoms with van der Waals surface area (Å²) in [6.45, 7) is 0. The van der Waals surface area contributed by atoms with Crippen molar-refractivity contribution in [3.8, 4) is 35.0 Å². The molecule has 0 aliphatic carbocycles. The Morgan fingerprint density at radius 1 is 0.380 bits per heavy atom. The molecule has 0 aliphatic rings. The van der Waals surface area contributed by atoms with E-state index in [4.69, 9.17) is 0 Å². The second kappa shape index (κ2) is 12.6. The molecule has 0 radical (unpaired) electrons. The molecule has 0 spiro atoms. The van der Waals surface area contributed by atoms with E-state index >= 15 is 0 Å². The van der Waals surface area contributed by atoms with Crippen molar-refractivity contribution in [3.63, 3.8) is 0 Å². The van der Waals surface area contributed by atoms with E-state index in [1.807, 2.05) is 48.5 Å². The number of hydrogen-bond acceptors (Lipinski definition) is 3. The largest absolute Gasteiger partial charge is 0.309 e. The van der Waals surface area contributed by atoms with Gasteiger partial charge in [-0.05, 0) is 92.5 Å². The van der Waals surface area contributed by atoms with Crippen LogP contribution in [0.2, 0.25) is 0 Å². The first-order chi connectivity index (χ1) is 24.6. The van der Waals surface area contributed by atoms with Gasteiger partial charge in [-0.25, -0.2) is 0 Å². The molecule has 7 aromatic carbocycles. The molecule has 0 saturated heterocycles. The van der Waals surface area contributed by atoms with Gasteiger partial charge in [-0.15, -0.1) is 0 Å². The summed E-state index contributed by atoms with van der Waals surface area (Å²) in [5, 5.41) is 35.9. The minimum absolute atomic E-state index is 0.581. The zero-order valence-corrected chi connectivity index (χ0v) is 28.0. The van der Waals surface area contributed by atoms with E-state index in [0.717, 1.165) is 43.8 Å². The normalized spacial score (nSPS) is 11.1. The van der Waals surface area contributed by atoms with Gasteiger partial charge in [0.05, 0.1) is 45.9 Å².